The second kappa shape index (κ2) is 7.35. The van der Waals surface area contributed by atoms with Gasteiger partial charge in [0, 0.05) is 11.1 Å². The van der Waals surface area contributed by atoms with E-state index in [1.165, 1.54) is 0 Å². The lowest BCUT2D eigenvalue weighted by Crippen LogP contribution is -2.24. The number of rotatable bonds is 5. The minimum absolute atomic E-state index is 0.117. The van der Waals surface area contributed by atoms with Gasteiger partial charge < -0.3 is 15.7 Å². The molecule has 0 spiro atoms. The normalized spacial score (nSPS) is 15.2. The van der Waals surface area contributed by atoms with Crippen LogP contribution in [-0.4, -0.2) is 21.1 Å². The number of nitrogens with two attached hydrogens (primary N) is 1. The zero-order valence-corrected chi connectivity index (χ0v) is 15.6. The molecule has 0 heterocycles. The van der Waals surface area contributed by atoms with Gasteiger partial charge in [0.05, 0.1) is 13.3 Å². The minimum atomic E-state index is -2.19. The summed E-state index contributed by atoms with van der Waals surface area (Å²) in [6.45, 7) is 0. The molecule has 1 fully saturated rings. The molecule has 3 N–H and O–H groups in total. The Labute approximate surface area is 156 Å². The SMILES string of the molecule is NC(=O)c1ccccc1/C(C(Cl)Cl)=[P+](\[O-])c1cccc(O)c1C1CC1. The zero-order chi connectivity index (χ0) is 18.1. The van der Waals surface area contributed by atoms with Gasteiger partial charge >= 0.3 is 0 Å². The Hall–Kier alpha value is -1.58. The Bertz CT molecular complexity index is 863. The maximum atomic E-state index is 13.3. The van der Waals surface area contributed by atoms with Crippen LogP contribution < -0.4 is 15.9 Å². The van der Waals surface area contributed by atoms with Crippen LogP contribution in [-0.2, 0) is 0 Å². The van der Waals surface area contributed by atoms with Crippen molar-refractivity contribution in [1.82, 2.24) is 0 Å². The first-order chi connectivity index (χ1) is 11.9. The second-order valence-corrected chi connectivity index (χ2v) is 8.52. The Kier molecular flexibility index (Phi) is 5.35. The van der Waals surface area contributed by atoms with Crippen LogP contribution >= 0.6 is 31.0 Å². The van der Waals surface area contributed by atoms with Crippen LogP contribution in [0.3, 0.4) is 0 Å². The maximum absolute atomic E-state index is 13.3. The molecule has 130 valence electrons. The monoisotopic (exact) mass is 395 g/mol. The molecule has 4 nitrogen and oxygen atoms in total. The molecule has 1 atom stereocenters. The molecule has 1 unspecified atom stereocenters. The van der Waals surface area contributed by atoms with Gasteiger partial charge in [0.25, 0.3) is 0 Å². The number of aromatic hydroxyl groups is 1. The first kappa shape index (κ1) is 18.2. The Morgan fingerprint density at radius 3 is 2.36 bits per heavy atom. The number of carbonyl (C=O) groups is 1. The molecule has 0 aromatic heterocycles. The third kappa shape index (κ3) is 3.68. The van der Waals surface area contributed by atoms with Gasteiger partial charge in [0.2, 0.25) is 5.91 Å². The van der Waals surface area contributed by atoms with Gasteiger partial charge in [-0.05, 0) is 43.0 Å². The molecule has 1 amide bonds. The molecule has 1 aliphatic rings. The summed E-state index contributed by atoms with van der Waals surface area (Å²) >= 11 is 12.2. The second-order valence-electron chi connectivity index (χ2n) is 5.87. The Balaban J connectivity index is 2.25. The van der Waals surface area contributed by atoms with Crippen molar-refractivity contribution in [2.75, 3.05) is 0 Å². The molecule has 7 heteroatoms. The van der Waals surface area contributed by atoms with Gasteiger partial charge in [-0.25, -0.2) is 0 Å². The quantitative estimate of drug-likeness (QED) is 0.602. The van der Waals surface area contributed by atoms with Crippen LogP contribution in [0, 0.1) is 0 Å². The van der Waals surface area contributed by atoms with E-state index in [9.17, 15) is 14.8 Å². The van der Waals surface area contributed by atoms with Gasteiger partial charge in [-0.1, -0.05) is 41.4 Å². The first-order valence-electron chi connectivity index (χ1n) is 7.75. The van der Waals surface area contributed by atoms with E-state index in [0.717, 1.165) is 12.8 Å². The van der Waals surface area contributed by atoms with Gasteiger partial charge in [-0.3, -0.25) is 4.79 Å². The largest absolute Gasteiger partial charge is 0.626 e. The average Bonchev–Trinajstić information content (AvgIpc) is 3.39. The minimum Gasteiger partial charge on any atom is -0.626 e. The van der Waals surface area contributed by atoms with Crippen molar-refractivity contribution in [3.63, 3.8) is 0 Å². The van der Waals surface area contributed by atoms with Gasteiger partial charge in [0.1, 0.15) is 5.75 Å². The topological polar surface area (TPSA) is 86.4 Å². The van der Waals surface area contributed by atoms with Crippen LogP contribution in [0.4, 0.5) is 0 Å². The number of hydrogen-bond acceptors (Lipinski definition) is 3. The number of carbonyl (C=O) groups excluding carboxylic acids is 1. The van der Waals surface area contributed by atoms with Crippen LogP contribution in [0.1, 0.15) is 40.2 Å². The van der Waals surface area contributed by atoms with Crippen molar-refractivity contribution >= 4 is 47.5 Å². The van der Waals surface area contributed by atoms with E-state index < -0.39 is 18.5 Å². The highest BCUT2D eigenvalue weighted by molar-refractivity contribution is 7.61. The lowest BCUT2D eigenvalue weighted by atomic mass is 10.0. The van der Waals surface area contributed by atoms with Crippen molar-refractivity contribution in [3.05, 3.63) is 59.2 Å². The Morgan fingerprint density at radius 2 is 1.80 bits per heavy atom. The fourth-order valence-electron chi connectivity index (χ4n) is 2.88. The van der Waals surface area contributed by atoms with E-state index in [2.05, 4.69) is 0 Å². The van der Waals surface area contributed by atoms with E-state index in [0.29, 0.717) is 16.4 Å². The van der Waals surface area contributed by atoms with Gasteiger partial charge in [-0.15, -0.1) is 0 Å². The summed E-state index contributed by atoms with van der Waals surface area (Å²) in [5.41, 5.74) is 6.68. The molecule has 0 saturated heterocycles. The summed E-state index contributed by atoms with van der Waals surface area (Å²) in [4.78, 5) is 24.0. The lowest BCUT2D eigenvalue weighted by Gasteiger charge is -2.14. The van der Waals surface area contributed by atoms with E-state index in [-0.39, 0.29) is 22.5 Å². The number of hydrogen-bond donors (Lipinski definition) is 2. The summed E-state index contributed by atoms with van der Waals surface area (Å²) in [5, 5.41) is 10.9. The molecule has 2 aromatic rings. The third-order valence-electron chi connectivity index (χ3n) is 4.16. The van der Waals surface area contributed by atoms with Crippen molar-refractivity contribution in [1.29, 1.82) is 0 Å². The molecule has 2 aromatic carbocycles. The standard InChI is InChI=1S/C18H16Cl2NO3P/c19-17(20)16(11-4-1-2-5-12(11)18(21)23)25(24)14-7-3-6-13(22)15(14)10-8-9-10/h1-7,10,17,22H,8-9H2,(H2,21,23). The first-order valence-corrected chi connectivity index (χ1v) is 9.88. The molecule has 3 rings (SSSR count). The fourth-order valence-corrected chi connectivity index (χ4v) is 5.23. The number of halogens is 2. The summed E-state index contributed by atoms with van der Waals surface area (Å²) in [5.74, 6) is -0.345. The number of phenolic OH excluding ortho intramolecular Hbond substituents is 1. The summed E-state index contributed by atoms with van der Waals surface area (Å²) in [6, 6.07) is 11.5. The number of alkyl halides is 2. The molecule has 0 aliphatic heterocycles. The van der Waals surface area contributed by atoms with Crippen molar-refractivity contribution in [2.24, 2.45) is 5.73 Å². The van der Waals surface area contributed by atoms with E-state index in [4.69, 9.17) is 28.9 Å². The van der Waals surface area contributed by atoms with E-state index >= 15 is 0 Å². The van der Waals surface area contributed by atoms with Crippen LogP contribution in [0.5, 0.6) is 5.75 Å². The highest BCUT2D eigenvalue weighted by Gasteiger charge is 2.34. The number of primary amides is 1. The van der Waals surface area contributed by atoms with Gasteiger partial charge in [-0.2, -0.15) is 0 Å². The molecule has 0 bridgehead atoms. The number of benzene rings is 2. The summed E-state index contributed by atoms with van der Waals surface area (Å²) in [7, 11) is -2.19. The highest BCUT2D eigenvalue weighted by atomic mass is 35.5. The van der Waals surface area contributed by atoms with Crippen molar-refractivity contribution < 1.29 is 14.8 Å². The maximum Gasteiger partial charge on any atom is 0.249 e. The predicted octanol–water partition coefficient (Wildman–Crippen LogP) is 2.78. The van der Waals surface area contributed by atoms with Crippen LogP contribution in [0.2, 0.25) is 0 Å². The average molecular weight is 396 g/mol. The van der Waals surface area contributed by atoms with Crippen molar-refractivity contribution in [3.8, 4) is 5.75 Å². The number of amides is 1. The third-order valence-corrected chi connectivity index (χ3v) is 6.66. The van der Waals surface area contributed by atoms with Gasteiger partial charge in [0.15, 0.2) is 15.4 Å². The molecule has 25 heavy (non-hydrogen) atoms. The predicted molar refractivity (Wildman–Crippen MR) is 101 cm³/mol. The number of phenols is 1. The smallest absolute Gasteiger partial charge is 0.249 e. The van der Waals surface area contributed by atoms with E-state index in [1.54, 1.807) is 42.5 Å². The molecule has 1 saturated carbocycles. The zero-order valence-electron chi connectivity index (χ0n) is 13.2. The summed E-state index contributed by atoms with van der Waals surface area (Å²) in [6.07, 6.45) is 1.87. The van der Waals surface area contributed by atoms with Crippen LogP contribution in [0.15, 0.2) is 42.5 Å². The van der Waals surface area contributed by atoms with Crippen LogP contribution in [0.25, 0.3) is 0 Å². The van der Waals surface area contributed by atoms with Crippen molar-refractivity contribution in [2.45, 2.75) is 23.6 Å². The lowest BCUT2D eigenvalue weighted by molar-refractivity contribution is -0.149. The molecular weight excluding hydrogens is 380 g/mol. The highest BCUT2D eigenvalue weighted by Crippen LogP contribution is 2.45. The molecule has 1 aliphatic carbocycles. The van der Waals surface area contributed by atoms with E-state index in [1.807, 2.05) is 0 Å². The Morgan fingerprint density at radius 1 is 1.16 bits per heavy atom. The molecular formula is C18H16Cl2NO3P. The summed E-state index contributed by atoms with van der Waals surface area (Å²) < 4.78 is 0. The fraction of sp³-hybridized carbons (Fsp3) is 0.222. The molecule has 0 radical (unpaired) electrons.